The molecular formula is C23H27N3O3. The van der Waals surface area contributed by atoms with E-state index in [1.165, 1.54) is 4.90 Å². The monoisotopic (exact) mass is 393 g/mol. The number of hydrogen-bond acceptors (Lipinski definition) is 3. The van der Waals surface area contributed by atoms with Crippen molar-refractivity contribution >= 4 is 23.4 Å². The largest absolute Gasteiger partial charge is 0.342 e. The average molecular weight is 393 g/mol. The zero-order valence-electron chi connectivity index (χ0n) is 16.7. The maximum atomic E-state index is 12.8. The number of carbonyl (C=O) groups is 3. The van der Waals surface area contributed by atoms with Crippen LogP contribution in [0.25, 0.3) is 0 Å². The highest BCUT2D eigenvalue weighted by molar-refractivity contribution is 5.94. The summed E-state index contributed by atoms with van der Waals surface area (Å²) in [6.45, 7) is 1.07. The maximum absolute atomic E-state index is 12.8. The normalized spacial score (nSPS) is 16.2. The molecule has 0 bridgehead atoms. The number of hydrogen-bond donors (Lipinski definition) is 1. The molecule has 2 aromatic rings. The molecule has 1 heterocycles. The quantitative estimate of drug-likeness (QED) is 0.820. The van der Waals surface area contributed by atoms with Crippen molar-refractivity contribution in [1.82, 2.24) is 9.80 Å². The summed E-state index contributed by atoms with van der Waals surface area (Å²) in [5, 5.41) is 2.79. The zero-order chi connectivity index (χ0) is 20.6. The molecule has 0 spiro atoms. The van der Waals surface area contributed by atoms with E-state index in [0.29, 0.717) is 25.2 Å². The smallest absolute Gasteiger partial charge is 0.243 e. The highest BCUT2D eigenvalue weighted by atomic mass is 16.2. The van der Waals surface area contributed by atoms with E-state index in [9.17, 15) is 14.4 Å². The molecule has 1 atom stereocenters. The highest BCUT2D eigenvalue weighted by Crippen LogP contribution is 2.19. The van der Waals surface area contributed by atoms with Gasteiger partial charge in [0.05, 0.1) is 18.9 Å². The molecule has 1 N–H and O–H groups in total. The van der Waals surface area contributed by atoms with Crippen molar-refractivity contribution < 1.29 is 14.4 Å². The molecule has 0 saturated carbocycles. The first-order chi connectivity index (χ1) is 14.0. The lowest BCUT2D eigenvalue weighted by Crippen LogP contribution is -2.47. The highest BCUT2D eigenvalue weighted by Gasteiger charge is 2.30. The van der Waals surface area contributed by atoms with Gasteiger partial charge in [0.2, 0.25) is 17.7 Å². The van der Waals surface area contributed by atoms with Gasteiger partial charge in [-0.15, -0.1) is 0 Å². The summed E-state index contributed by atoms with van der Waals surface area (Å²) in [6.07, 6.45) is 1.87. The van der Waals surface area contributed by atoms with Crippen molar-refractivity contribution in [3.8, 4) is 0 Å². The van der Waals surface area contributed by atoms with Crippen LogP contribution in [0, 0.1) is 5.92 Å². The van der Waals surface area contributed by atoms with Gasteiger partial charge >= 0.3 is 0 Å². The number of carbonyl (C=O) groups excluding carboxylic acids is 3. The number of likely N-dealkylation sites (tertiary alicyclic amines) is 1. The van der Waals surface area contributed by atoms with Gasteiger partial charge in [-0.25, -0.2) is 0 Å². The second kappa shape index (κ2) is 9.87. The van der Waals surface area contributed by atoms with E-state index < -0.39 is 0 Å². The molecule has 0 aliphatic carbocycles. The van der Waals surface area contributed by atoms with Crippen LogP contribution in [0.3, 0.4) is 0 Å². The summed E-state index contributed by atoms with van der Waals surface area (Å²) in [4.78, 5) is 40.9. The minimum absolute atomic E-state index is 0.0117. The first-order valence-corrected chi connectivity index (χ1v) is 9.94. The van der Waals surface area contributed by atoms with Crippen molar-refractivity contribution in [2.75, 3.05) is 32.0 Å². The van der Waals surface area contributed by atoms with E-state index in [2.05, 4.69) is 5.32 Å². The van der Waals surface area contributed by atoms with Crippen molar-refractivity contribution in [1.29, 1.82) is 0 Å². The molecule has 1 aliphatic rings. The Balaban J connectivity index is 1.51. The predicted octanol–water partition coefficient (Wildman–Crippen LogP) is 2.56. The predicted molar refractivity (Wildman–Crippen MR) is 112 cm³/mol. The number of likely N-dealkylation sites (N-methyl/N-ethyl adjacent to an activating group) is 1. The van der Waals surface area contributed by atoms with Crippen LogP contribution in [-0.2, 0) is 20.8 Å². The Kier molecular flexibility index (Phi) is 7.00. The number of anilines is 1. The van der Waals surface area contributed by atoms with E-state index in [4.69, 9.17) is 0 Å². The molecule has 1 aliphatic heterocycles. The van der Waals surface area contributed by atoms with Crippen LogP contribution in [0.2, 0.25) is 0 Å². The fourth-order valence-corrected chi connectivity index (χ4v) is 3.61. The Bertz CT molecular complexity index is 839. The van der Waals surface area contributed by atoms with Gasteiger partial charge in [-0.2, -0.15) is 0 Å². The van der Waals surface area contributed by atoms with Gasteiger partial charge in [0, 0.05) is 25.8 Å². The summed E-state index contributed by atoms with van der Waals surface area (Å²) in [5.41, 5.74) is 1.68. The Morgan fingerprint density at radius 2 is 1.69 bits per heavy atom. The SMILES string of the molecule is CN(CC(=O)Nc1ccccc1)C(=O)C1CCCN(C(=O)Cc2ccccc2)C1. The second-order valence-electron chi connectivity index (χ2n) is 7.45. The van der Waals surface area contributed by atoms with E-state index in [0.717, 1.165) is 18.4 Å². The topological polar surface area (TPSA) is 69.7 Å². The Morgan fingerprint density at radius 1 is 1.03 bits per heavy atom. The van der Waals surface area contributed by atoms with Crippen LogP contribution in [0.15, 0.2) is 60.7 Å². The van der Waals surface area contributed by atoms with Gasteiger partial charge in [0.1, 0.15) is 0 Å². The first kappa shape index (κ1) is 20.6. The van der Waals surface area contributed by atoms with Gasteiger partial charge in [-0.3, -0.25) is 14.4 Å². The number of amides is 3. The molecule has 2 aromatic carbocycles. The van der Waals surface area contributed by atoms with Crippen LogP contribution >= 0.6 is 0 Å². The fourth-order valence-electron chi connectivity index (χ4n) is 3.61. The summed E-state index contributed by atoms with van der Waals surface area (Å²) in [7, 11) is 1.64. The Hall–Kier alpha value is -3.15. The van der Waals surface area contributed by atoms with E-state index in [1.54, 1.807) is 24.1 Å². The molecular weight excluding hydrogens is 366 g/mol. The molecule has 0 radical (unpaired) electrons. The van der Waals surface area contributed by atoms with Gasteiger partial charge in [-0.1, -0.05) is 48.5 Å². The molecule has 6 heteroatoms. The molecule has 6 nitrogen and oxygen atoms in total. The number of benzene rings is 2. The van der Waals surface area contributed by atoms with E-state index in [1.807, 2.05) is 48.5 Å². The van der Waals surface area contributed by atoms with Gasteiger partial charge in [-0.05, 0) is 30.5 Å². The third kappa shape index (κ3) is 5.91. The van der Waals surface area contributed by atoms with Crippen LogP contribution in [-0.4, -0.2) is 54.2 Å². The molecule has 3 rings (SSSR count). The van der Waals surface area contributed by atoms with Crippen LogP contribution < -0.4 is 5.32 Å². The number of piperidine rings is 1. The van der Waals surface area contributed by atoms with E-state index in [-0.39, 0.29) is 30.2 Å². The van der Waals surface area contributed by atoms with Gasteiger partial charge in [0.15, 0.2) is 0 Å². The minimum Gasteiger partial charge on any atom is -0.342 e. The average Bonchev–Trinajstić information content (AvgIpc) is 2.74. The lowest BCUT2D eigenvalue weighted by molar-refractivity contribution is -0.141. The Morgan fingerprint density at radius 3 is 2.38 bits per heavy atom. The second-order valence-corrected chi connectivity index (χ2v) is 7.45. The summed E-state index contributed by atoms with van der Waals surface area (Å²) >= 11 is 0. The van der Waals surface area contributed by atoms with Crippen LogP contribution in [0.4, 0.5) is 5.69 Å². The summed E-state index contributed by atoms with van der Waals surface area (Å²) in [6, 6.07) is 18.8. The van der Waals surface area contributed by atoms with Crippen molar-refractivity contribution in [3.63, 3.8) is 0 Å². The molecule has 1 unspecified atom stereocenters. The molecule has 1 saturated heterocycles. The van der Waals surface area contributed by atoms with Gasteiger partial charge < -0.3 is 15.1 Å². The Labute approximate surface area is 171 Å². The standard InChI is InChI=1S/C23H27N3O3/c1-25(17-21(27)24-20-12-6-3-7-13-20)23(29)19-11-8-14-26(16-19)22(28)15-18-9-4-2-5-10-18/h2-7,9-10,12-13,19H,8,11,14-17H2,1H3,(H,24,27). The third-order valence-corrected chi connectivity index (χ3v) is 5.14. The van der Waals surface area contributed by atoms with Crippen molar-refractivity contribution in [2.45, 2.75) is 19.3 Å². The summed E-state index contributed by atoms with van der Waals surface area (Å²) < 4.78 is 0. The zero-order valence-corrected chi connectivity index (χ0v) is 16.7. The molecule has 0 aromatic heterocycles. The molecule has 152 valence electrons. The van der Waals surface area contributed by atoms with E-state index >= 15 is 0 Å². The number of para-hydroxylation sites is 1. The van der Waals surface area contributed by atoms with Crippen molar-refractivity contribution in [2.24, 2.45) is 5.92 Å². The fraction of sp³-hybridized carbons (Fsp3) is 0.348. The summed E-state index contributed by atoms with van der Waals surface area (Å²) in [5.74, 6) is -0.554. The third-order valence-electron chi connectivity index (χ3n) is 5.14. The molecule has 29 heavy (non-hydrogen) atoms. The number of nitrogens with one attached hydrogen (secondary N) is 1. The number of rotatable bonds is 6. The number of nitrogens with zero attached hydrogens (tertiary/aromatic N) is 2. The van der Waals surface area contributed by atoms with Crippen LogP contribution in [0.5, 0.6) is 0 Å². The lowest BCUT2D eigenvalue weighted by Gasteiger charge is -2.34. The maximum Gasteiger partial charge on any atom is 0.243 e. The molecule has 1 fully saturated rings. The lowest BCUT2D eigenvalue weighted by atomic mass is 9.96. The first-order valence-electron chi connectivity index (χ1n) is 9.94. The van der Waals surface area contributed by atoms with Crippen LogP contribution in [0.1, 0.15) is 18.4 Å². The molecule has 3 amide bonds. The van der Waals surface area contributed by atoms with Crippen molar-refractivity contribution in [3.05, 3.63) is 66.2 Å². The minimum atomic E-state index is -0.266. The van der Waals surface area contributed by atoms with Gasteiger partial charge in [0.25, 0.3) is 0 Å².